The summed E-state index contributed by atoms with van der Waals surface area (Å²) in [5, 5.41) is 2.93. The number of hydrogen-bond donors (Lipinski definition) is 2. The lowest BCUT2D eigenvalue weighted by Gasteiger charge is -2.22. The highest BCUT2D eigenvalue weighted by molar-refractivity contribution is 5.67. The average Bonchev–Trinajstić information content (AvgIpc) is 2.30. The number of terminal acetylenes is 1. The smallest absolute Gasteiger partial charge is 0.422 e. The maximum absolute atomic E-state index is 11.4. The summed E-state index contributed by atoms with van der Waals surface area (Å²) >= 11 is 0. The van der Waals surface area contributed by atoms with Gasteiger partial charge in [0.25, 0.3) is 0 Å². The Morgan fingerprint density at radius 3 is 2.63 bits per heavy atom. The molecule has 6 nitrogen and oxygen atoms in total. The molecule has 0 aromatic heterocycles. The van der Waals surface area contributed by atoms with Crippen LogP contribution in [-0.4, -0.2) is 23.8 Å². The summed E-state index contributed by atoms with van der Waals surface area (Å²) in [6, 6.07) is -0.829. The van der Waals surface area contributed by atoms with Gasteiger partial charge in [0.2, 0.25) is 0 Å². The van der Waals surface area contributed by atoms with Crippen LogP contribution in [0.4, 0.5) is 4.79 Å². The summed E-state index contributed by atoms with van der Waals surface area (Å²) in [6.45, 7) is 8.89. The molecule has 1 amide bonds. The molecule has 0 rings (SSSR count). The van der Waals surface area contributed by atoms with Crippen LogP contribution in [-0.2, 0) is 4.74 Å². The highest BCUT2D eigenvalue weighted by Gasteiger charge is 2.18. The van der Waals surface area contributed by atoms with Crippen molar-refractivity contribution in [3.63, 3.8) is 0 Å². The Bertz CT molecular complexity index is 355. The van der Waals surface area contributed by atoms with Gasteiger partial charge in [-0.2, -0.15) is 4.91 Å². The van der Waals surface area contributed by atoms with Crippen molar-refractivity contribution in [3.8, 4) is 12.3 Å². The predicted octanol–water partition coefficient (Wildman–Crippen LogP) is 2.12. The van der Waals surface area contributed by atoms with Crippen molar-refractivity contribution in [1.82, 2.24) is 10.9 Å². The molecule has 19 heavy (non-hydrogen) atoms. The van der Waals surface area contributed by atoms with Crippen LogP contribution in [0.3, 0.4) is 0 Å². The highest BCUT2D eigenvalue weighted by atomic mass is 16.6. The molecule has 0 spiro atoms. The molecule has 0 aliphatic rings. The lowest BCUT2D eigenvalue weighted by Crippen LogP contribution is -2.46. The highest BCUT2D eigenvalue weighted by Crippen LogP contribution is 2.08. The Hall–Kier alpha value is -1.87. The normalized spacial score (nSPS) is 13.8. The third kappa shape index (κ3) is 8.80. The Balaban J connectivity index is 4.20. The molecular formula is C13H21N3O3. The van der Waals surface area contributed by atoms with Crippen LogP contribution in [0.25, 0.3) is 0 Å². The molecule has 0 heterocycles. The molecule has 0 aliphatic heterocycles. The van der Waals surface area contributed by atoms with E-state index in [1.54, 1.807) is 26.8 Å². The number of nitroso groups, excluding NO2 is 1. The zero-order chi connectivity index (χ0) is 14.9. The standard InChI is InChI=1S/C13H21N3O3/c1-6-8-11(16-18)9-10(7-2)14-15-12(17)19-13(3,4)5/h1,7,10-11,14H,2,8-9H2,3-5H3,(H,15,17)/t10-,11+/m0/s1. The van der Waals surface area contributed by atoms with Crippen LogP contribution in [0.15, 0.2) is 17.8 Å². The van der Waals surface area contributed by atoms with Crippen LogP contribution in [0.5, 0.6) is 0 Å². The first kappa shape index (κ1) is 17.1. The average molecular weight is 267 g/mol. The number of nitrogens with one attached hydrogen (secondary N) is 2. The van der Waals surface area contributed by atoms with Gasteiger partial charge in [-0.1, -0.05) is 11.3 Å². The summed E-state index contributed by atoms with van der Waals surface area (Å²) in [4.78, 5) is 22.0. The maximum atomic E-state index is 11.4. The van der Waals surface area contributed by atoms with Crippen molar-refractivity contribution in [1.29, 1.82) is 0 Å². The molecule has 0 aliphatic carbocycles. The molecule has 0 aromatic carbocycles. The summed E-state index contributed by atoms with van der Waals surface area (Å²) in [6.07, 6.45) is 6.69. The van der Waals surface area contributed by atoms with Gasteiger partial charge < -0.3 is 4.74 Å². The van der Waals surface area contributed by atoms with Crippen molar-refractivity contribution < 1.29 is 9.53 Å². The van der Waals surface area contributed by atoms with E-state index < -0.39 is 17.7 Å². The predicted molar refractivity (Wildman–Crippen MR) is 74.1 cm³/mol. The van der Waals surface area contributed by atoms with Crippen LogP contribution in [0.2, 0.25) is 0 Å². The molecule has 0 saturated carbocycles. The molecule has 0 saturated heterocycles. The van der Waals surface area contributed by atoms with Gasteiger partial charge in [-0.05, 0) is 27.2 Å². The number of carbonyl (C=O) groups excluding carboxylic acids is 1. The van der Waals surface area contributed by atoms with Gasteiger partial charge in [0.05, 0.1) is 0 Å². The Kier molecular flexibility index (Phi) is 7.46. The molecule has 0 unspecified atom stereocenters. The topological polar surface area (TPSA) is 79.8 Å². The quantitative estimate of drug-likeness (QED) is 0.320. The minimum Gasteiger partial charge on any atom is -0.443 e. The number of rotatable bonds is 7. The summed E-state index contributed by atoms with van der Waals surface area (Å²) < 4.78 is 5.05. The van der Waals surface area contributed by atoms with Crippen LogP contribution < -0.4 is 10.9 Å². The fourth-order valence-corrected chi connectivity index (χ4v) is 1.26. The molecule has 0 radical (unpaired) electrons. The molecule has 0 aromatic rings. The molecular weight excluding hydrogens is 246 g/mol. The van der Waals surface area contributed by atoms with E-state index in [2.05, 4.69) is 28.5 Å². The molecule has 0 fully saturated rings. The van der Waals surface area contributed by atoms with Gasteiger partial charge in [0.1, 0.15) is 11.6 Å². The second kappa shape index (κ2) is 8.27. The lowest BCUT2D eigenvalue weighted by molar-refractivity contribution is 0.0491. The van der Waals surface area contributed by atoms with E-state index in [9.17, 15) is 9.70 Å². The summed E-state index contributed by atoms with van der Waals surface area (Å²) in [5.41, 5.74) is 4.51. The monoisotopic (exact) mass is 267 g/mol. The third-order valence-corrected chi connectivity index (χ3v) is 2.07. The SMILES string of the molecule is C#CC[C@H](C[C@H](C=C)NNC(=O)OC(C)(C)C)N=O. The van der Waals surface area contributed by atoms with Crippen molar-refractivity contribution >= 4 is 6.09 Å². The second-order valence-corrected chi connectivity index (χ2v) is 5.02. The van der Waals surface area contributed by atoms with Gasteiger partial charge >= 0.3 is 6.09 Å². The molecule has 106 valence electrons. The first-order chi connectivity index (χ1) is 8.82. The van der Waals surface area contributed by atoms with Crippen molar-refractivity contribution in [3.05, 3.63) is 17.6 Å². The van der Waals surface area contributed by atoms with E-state index in [-0.39, 0.29) is 12.5 Å². The number of hydrazine groups is 1. The fourth-order valence-electron chi connectivity index (χ4n) is 1.26. The molecule has 2 N–H and O–H groups in total. The first-order valence-corrected chi connectivity index (χ1v) is 5.95. The van der Waals surface area contributed by atoms with E-state index in [1.807, 2.05) is 0 Å². The number of nitrogens with zero attached hydrogens (tertiary/aromatic N) is 1. The van der Waals surface area contributed by atoms with E-state index in [0.29, 0.717) is 6.42 Å². The third-order valence-electron chi connectivity index (χ3n) is 2.07. The van der Waals surface area contributed by atoms with Crippen LogP contribution >= 0.6 is 0 Å². The fraction of sp³-hybridized carbons (Fsp3) is 0.615. The van der Waals surface area contributed by atoms with E-state index >= 15 is 0 Å². The minimum atomic E-state index is -0.605. The molecule has 0 bridgehead atoms. The molecule has 6 heteroatoms. The summed E-state index contributed by atoms with van der Waals surface area (Å²) in [7, 11) is 0. The van der Waals surface area contributed by atoms with Crippen molar-refractivity contribution in [2.45, 2.75) is 51.3 Å². The Labute approximate surface area is 113 Å². The zero-order valence-corrected chi connectivity index (χ0v) is 11.6. The van der Waals surface area contributed by atoms with Gasteiger partial charge in [-0.15, -0.1) is 18.9 Å². The zero-order valence-electron chi connectivity index (χ0n) is 11.6. The van der Waals surface area contributed by atoms with Crippen LogP contribution in [0, 0.1) is 17.3 Å². The van der Waals surface area contributed by atoms with Crippen molar-refractivity contribution in [2.75, 3.05) is 0 Å². The summed E-state index contributed by atoms with van der Waals surface area (Å²) in [5.74, 6) is 2.38. The van der Waals surface area contributed by atoms with Gasteiger partial charge in [-0.25, -0.2) is 10.2 Å². The number of amides is 1. The van der Waals surface area contributed by atoms with Crippen LogP contribution in [0.1, 0.15) is 33.6 Å². The number of carbonyl (C=O) groups is 1. The largest absolute Gasteiger partial charge is 0.443 e. The van der Waals surface area contributed by atoms with Crippen molar-refractivity contribution in [2.24, 2.45) is 5.18 Å². The van der Waals surface area contributed by atoms with E-state index in [1.165, 1.54) is 0 Å². The second-order valence-electron chi connectivity index (χ2n) is 5.02. The molecule has 2 atom stereocenters. The van der Waals surface area contributed by atoms with E-state index in [4.69, 9.17) is 11.2 Å². The van der Waals surface area contributed by atoms with E-state index in [0.717, 1.165) is 0 Å². The maximum Gasteiger partial charge on any atom is 0.422 e. The van der Waals surface area contributed by atoms with Gasteiger partial charge in [0.15, 0.2) is 0 Å². The number of ether oxygens (including phenoxy) is 1. The van der Waals surface area contributed by atoms with Gasteiger partial charge in [-0.3, -0.25) is 5.43 Å². The Morgan fingerprint density at radius 1 is 1.58 bits per heavy atom. The van der Waals surface area contributed by atoms with Gasteiger partial charge in [0, 0.05) is 12.5 Å². The lowest BCUT2D eigenvalue weighted by atomic mass is 10.1. The first-order valence-electron chi connectivity index (χ1n) is 5.95. The Morgan fingerprint density at radius 2 is 2.21 bits per heavy atom. The minimum absolute atomic E-state index is 0.252. The number of hydrogen-bond acceptors (Lipinski definition) is 5.